The minimum atomic E-state index is -0.917. The van der Waals surface area contributed by atoms with Crippen molar-refractivity contribution in [1.29, 1.82) is 0 Å². The highest BCUT2D eigenvalue weighted by Gasteiger charge is 1.89. The average molecular weight is 212 g/mol. The maximum atomic E-state index is 10.1. The van der Waals surface area contributed by atoms with Crippen molar-refractivity contribution >= 4 is 11.9 Å². The van der Waals surface area contributed by atoms with Gasteiger partial charge in [-0.25, -0.2) is 9.59 Å². The van der Waals surface area contributed by atoms with E-state index < -0.39 is 11.9 Å². The highest BCUT2D eigenvalue weighted by molar-refractivity contribution is 5.79. The number of carbonyl (C=O) groups is 2. The van der Waals surface area contributed by atoms with Crippen LogP contribution in [0.3, 0.4) is 0 Å². The first-order valence-corrected chi connectivity index (χ1v) is 4.92. The Morgan fingerprint density at radius 2 is 1.20 bits per heavy atom. The quantitative estimate of drug-likeness (QED) is 0.478. The van der Waals surface area contributed by atoms with Gasteiger partial charge in [0.15, 0.2) is 0 Å². The van der Waals surface area contributed by atoms with Gasteiger partial charge in [0, 0.05) is 12.2 Å². The van der Waals surface area contributed by atoms with Crippen LogP contribution in [0.1, 0.15) is 32.1 Å². The molecule has 0 fully saturated rings. The zero-order valence-corrected chi connectivity index (χ0v) is 8.56. The van der Waals surface area contributed by atoms with E-state index >= 15 is 0 Å². The van der Waals surface area contributed by atoms with Crippen molar-refractivity contribution in [3.8, 4) is 0 Å². The molecule has 0 saturated heterocycles. The van der Waals surface area contributed by atoms with Gasteiger partial charge in [-0.15, -0.1) is 0 Å². The molecule has 84 valence electrons. The van der Waals surface area contributed by atoms with E-state index in [0.29, 0.717) is 0 Å². The van der Waals surface area contributed by atoms with Crippen LogP contribution in [0.2, 0.25) is 0 Å². The van der Waals surface area contributed by atoms with Gasteiger partial charge in [-0.1, -0.05) is 18.6 Å². The van der Waals surface area contributed by atoms with E-state index in [0.717, 1.165) is 44.3 Å². The standard InChI is InChI=1S/C11H16O4/c12-10(13)8-6-4-2-1-3-5-7-9-11(14)15/h6-9H,1-5H2,(H,12,13)(H,14,15)/b8-6+,9-7+. The zero-order valence-electron chi connectivity index (χ0n) is 8.56. The number of aliphatic carboxylic acids is 2. The number of hydrogen-bond donors (Lipinski definition) is 2. The van der Waals surface area contributed by atoms with Crippen LogP contribution in [0.15, 0.2) is 24.3 Å². The van der Waals surface area contributed by atoms with Crippen LogP contribution in [0.25, 0.3) is 0 Å². The number of rotatable bonds is 8. The first-order valence-electron chi connectivity index (χ1n) is 4.92. The lowest BCUT2D eigenvalue weighted by Gasteiger charge is -1.94. The zero-order chi connectivity index (χ0) is 11.5. The van der Waals surface area contributed by atoms with E-state index in [1.54, 1.807) is 12.2 Å². The molecule has 2 N–H and O–H groups in total. The minimum absolute atomic E-state index is 0.759. The molecule has 4 heteroatoms. The Labute approximate surface area is 88.9 Å². The second-order valence-electron chi connectivity index (χ2n) is 3.12. The van der Waals surface area contributed by atoms with Crippen LogP contribution >= 0.6 is 0 Å². The summed E-state index contributed by atoms with van der Waals surface area (Å²) in [5.74, 6) is -1.83. The molecule has 0 spiro atoms. The number of hydrogen-bond acceptors (Lipinski definition) is 2. The smallest absolute Gasteiger partial charge is 0.327 e. The van der Waals surface area contributed by atoms with Crippen LogP contribution in [0, 0.1) is 0 Å². The summed E-state index contributed by atoms with van der Waals surface area (Å²) in [6, 6.07) is 0. The summed E-state index contributed by atoms with van der Waals surface area (Å²) in [4.78, 5) is 20.2. The van der Waals surface area contributed by atoms with Gasteiger partial charge < -0.3 is 10.2 Å². The lowest BCUT2D eigenvalue weighted by Crippen LogP contribution is -1.86. The molecule has 0 aliphatic heterocycles. The van der Waals surface area contributed by atoms with E-state index in [4.69, 9.17) is 10.2 Å². The SMILES string of the molecule is O=C(O)/C=C/CCCCC/C=C/C(=O)O. The normalized spacial score (nSPS) is 11.2. The highest BCUT2D eigenvalue weighted by Crippen LogP contribution is 2.04. The molecule has 4 nitrogen and oxygen atoms in total. The molecule has 0 aromatic heterocycles. The van der Waals surface area contributed by atoms with Gasteiger partial charge in [-0.2, -0.15) is 0 Å². The second kappa shape index (κ2) is 8.99. The van der Waals surface area contributed by atoms with Crippen molar-refractivity contribution in [3.63, 3.8) is 0 Å². The molecule has 0 unspecified atom stereocenters. The van der Waals surface area contributed by atoms with E-state index in [1.165, 1.54) is 0 Å². The Hall–Kier alpha value is -1.58. The molecule has 15 heavy (non-hydrogen) atoms. The van der Waals surface area contributed by atoms with E-state index in [1.807, 2.05) is 0 Å². The first-order chi connectivity index (χ1) is 7.13. The maximum Gasteiger partial charge on any atom is 0.327 e. The van der Waals surface area contributed by atoms with Gasteiger partial charge in [0.1, 0.15) is 0 Å². The van der Waals surface area contributed by atoms with E-state index in [-0.39, 0.29) is 0 Å². The molecule has 0 aliphatic carbocycles. The van der Waals surface area contributed by atoms with Crippen LogP contribution < -0.4 is 0 Å². The number of allylic oxidation sites excluding steroid dienone is 2. The van der Waals surface area contributed by atoms with Crippen molar-refractivity contribution in [1.82, 2.24) is 0 Å². The predicted molar refractivity (Wildman–Crippen MR) is 56.6 cm³/mol. The fourth-order valence-electron chi connectivity index (χ4n) is 1.07. The van der Waals surface area contributed by atoms with Crippen molar-refractivity contribution in [2.45, 2.75) is 32.1 Å². The minimum Gasteiger partial charge on any atom is -0.478 e. The van der Waals surface area contributed by atoms with Crippen LogP contribution in [0.4, 0.5) is 0 Å². The summed E-state index contributed by atoms with van der Waals surface area (Å²) in [6.07, 6.45) is 9.92. The molecule has 0 aromatic rings. The molecule has 0 atom stereocenters. The predicted octanol–water partition coefficient (Wildman–Crippen LogP) is 2.22. The Kier molecular flexibility index (Phi) is 8.05. The van der Waals surface area contributed by atoms with E-state index in [9.17, 15) is 9.59 Å². The molecule has 0 aromatic carbocycles. The Balaban J connectivity index is 3.25. The van der Waals surface area contributed by atoms with E-state index in [2.05, 4.69) is 0 Å². The van der Waals surface area contributed by atoms with Crippen molar-refractivity contribution < 1.29 is 19.8 Å². The third kappa shape index (κ3) is 12.4. The summed E-state index contributed by atoms with van der Waals surface area (Å²) >= 11 is 0. The highest BCUT2D eigenvalue weighted by atomic mass is 16.4. The Morgan fingerprint density at radius 1 is 0.800 bits per heavy atom. The summed E-state index contributed by atoms with van der Waals surface area (Å²) in [6.45, 7) is 0. The number of carboxylic acid groups (broad SMARTS) is 2. The molecular formula is C11H16O4. The van der Waals surface area contributed by atoms with Gasteiger partial charge in [0.05, 0.1) is 0 Å². The van der Waals surface area contributed by atoms with Gasteiger partial charge in [-0.05, 0) is 25.7 Å². The molecule has 0 rings (SSSR count). The third-order valence-corrected chi connectivity index (χ3v) is 1.76. The maximum absolute atomic E-state index is 10.1. The Bertz CT molecular complexity index is 227. The van der Waals surface area contributed by atoms with Gasteiger partial charge in [-0.3, -0.25) is 0 Å². The monoisotopic (exact) mass is 212 g/mol. The molecule has 0 saturated carbocycles. The summed E-state index contributed by atoms with van der Waals surface area (Å²) < 4.78 is 0. The lowest BCUT2D eigenvalue weighted by atomic mass is 10.1. The number of unbranched alkanes of at least 4 members (excludes halogenated alkanes) is 4. The largest absolute Gasteiger partial charge is 0.478 e. The van der Waals surface area contributed by atoms with Crippen molar-refractivity contribution in [3.05, 3.63) is 24.3 Å². The molecule has 0 aliphatic rings. The van der Waals surface area contributed by atoms with Gasteiger partial charge in [0.2, 0.25) is 0 Å². The molecule has 0 bridgehead atoms. The average Bonchev–Trinajstić information content (AvgIpc) is 2.14. The van der Waals surface area contributed by atoms with Crippen LogP contribution in [-0.2, 0) is 9.59 Å². The summed E-state index contributed by atoms with van der Waals surface area (Å²) in [5.41, 5.74) is 0. The summed E-state index contributed by atoms with van der Waals surface area (Å²) in [7, 11) is 0. The van der Waals surface area contributed by atoms with Gasteiger partial charge >= 0.3 is 11.9 Å². The first kappa shape index (κ1) is 13.4. The fraction of sp³-hybridized carbons (Fsp3) is 0.455. The molecule has 0 amide bonds. The summed E-state index contributed by atoms with van der Waals surface area (Å²) in [5, 5.41) is 16.6. The topological polar surface area (TPSA) is 74.6 Å². The van der Waals surface area contributed by atoms with Gasteiger partial charge in [0.25, 0.3) is 0 Å². The van der Waals surface area contributed by atoms with Crippen LogP contribution in [-0.4, -0.2) is 22.2 Å². The third-order valence-electron chi connectivity index (χ3n) is 1.76. The fourth-order valence-corrected chi connectivity index (χ4v) is 1.07. The second-order valence-corrected chi connectivity index (χ2v) is 3.12. The Morgan fingerprint density at radius 3 is 1.53 bits per heavy atom. The molecule has 0 heterocycles. The molecule has 0 radical (unpaired) electrons. The van der Waals surface area contributed by atoms with Crippen molar-refractivity contribution in [2.75, 3.05) is 0 Å². The number of carboxylic acids is 2. The van der Waals surface area contributed by atoms with Crippen LogP contribution in [0.5, 0.6) is 0 Å². The van der Waals surface area contributed by atoms with Crippen molar-refractivity contribution in [2.24, 2.45) is 0 Å². The lowest BCUT2D eigenvalue weighted by molar-refractivity contribution is -0.132. The molecular weight excluding hydrogens is 196 g/mol.